The summed E-state index contributed by atoms with van der Waals surface area (Å²) in [6.45, 7) is 0. The van der Waals surface area contributed by atoms with Crippen LogP contribution in [-0.2, 0) is 0 Å². The lowest BCUT2D eigenvalue weighted by atomic mass is 9.93. The van der Waals surface area contributed by atoms with Gasteiger partial charge >= 0.3 is 0 Å². The Kier molecular flexibility index (Phi) is 7.58. The normalized spacial score (nSPS) is 12.0. The van der Waals surface area contributed by atoms with Crippen LogP contribution in [0.15, 0.2) is 200 Å². The van der Waals surface area contributed by atoms with E-state index in [4.69, 9.17) is 0 Å². The van der Waals surface area contributed by atoms with Crippen LogP contribution in [0.3, 0.4) is 0 Å². The van der Waals surface area contributed by atoms with Crippen LogP contribution in [0.25, 0.3) is 104 Å². The van der Waals surface area contributed by atoms with Gasteiger partial charge in [0.1, 0.15) is 0 Å². The van der Waals surface area contributed by atoms with Crippen LogP contribution < -0.4 is 4.90 Å². The number of thiophene rings is 3. The molecule has 0 radical (unpaired) electrons. The molecule has 0 saturated heterocycles. The second-order valence-electron chi connectivity index (χ2n) is 15.6. The zero-order chi connectivity index (χ0) is 39.3. The molecule has 0 amide bonds. The molecule has 0 saturated carbocycles. The molecule has 4 heteroatoms. The number of hydrogen-bond donors (Lipinski definition) is 0. The van der Waals surface area contributed by atoms with Gasteiger partial charge in [-0.3, -0.25) is 0 Å². The second-order valence-corrected chi connectivity index (χ2v) is 18.8. The van der Waals surface area contributed by atoms with Gasteiger partial charge in [0, 0.05) is 77.6 Å². The molecule has 0 bridgehead atoms. The highest BCUT2D eigenvalue weighted by Crippen LogP contribution is 2.48. The topological polar surface area (TPSA) is 3.24 Å². The standard InChI is InChI=1S/C56H33NS3/c1-2-11-40-36(10-1)32-49(43-13-4-3-12-42(40)43)35-22-26-38(27-23-35)57(39-28-29-45-44-14-5-7-18-50(44)59-53(45)33-39)37-24-20-34(21-25-37)41-16-9-17-46-47-30-31-52-54(56(47)60-55(41)46)48-15-6-8-19-51(48)58-52/h1-33H. The molecule has 0 unspecified atom stereocenters. The van der Waals surface area contributed by atoms with E-state index >= 15 is 0 Å². The maximum Gasteiger partial charge on any atom is 0.0476 e. The van der Waals surface area contributed by atoms with E-state index in [-0.39, 0.29) is 0 Å². The number of anilines is 3. The maximum absolute atomic E-state index is 2.41. The van der Waals surface area contributed by atoms with E-state index in [9.17, 15) is 0 Å². The largest absolute Gasteiger partial charge is 0.310 e. The third-order valence-corrected chi connectivity index (χ3v) is 15.8. The molecule has 3 aromatic heterocycles. The first kappa shape index (κ1) is 34.1. The molecule has 0 N–H and O–H groups in total. The third-order valence-electron chi connectivity index (χ3n) is 12.3. The molecule has 0 aliphatic heterocycles. The number of hydrogen-bond acceptors (Lipinski definition) is 4. The van der Waals surface area contributed by atoms with Crippen LogP contribution in [0.1, 0.15) is 0 Å². The van der Waals surface area contributed by atoms with Crippen molar-refractivity contribution in [3.8, 4) is 22.3 Å². The van der Waals surface area contributed by atoms with E-state index in [2.05, 4.69) is 205 Å². The monoisotopic (exact) mass is 815 g/mol. The van der Waals surface area contributed by atoms with Crippen LogP contribution >= 0.6 is 34.0 Å². The van der Waals surface area contributed by atoms with E-state index in [0.29, 0.717) is 0 Å². The molecule has 1 nitrogen and oxygen atoms in total. The average Bonchev–Trinajstić information content (AvgIpc) is 4.00. The summed E-state index contributed by atoms with van der Waals surface area (Å²) in [4.78, 5) is 2.41. The summed E-state index contributed by atoms with van der Waals surface area (Å²) in [5.41, 5.74) is 8.35. The highest BCUT2D eigenvalue weighted by atomic mass is 32.1. The van der Waals surface area contributed by atoms with Gasteiger partial charge in [-0.05, 0) is 104 Å². The zero-order valence-electron chi connectivity index (χ0n) is 32.2. The smallest absolute Gasteiger partial charge is 0.0476 e. The Labute approximate surface area is 358 Å². The van der Waals surface area contributed by atoms with Crippen molar-refractivity contribution in [2.75, 3.05) is 4.90 Å². The summed E-state index contributed by atoms with van der Waals surface area (Å²) >= 11 is 5.69. The predicted octanol–water partition coefficient (Wildman–Crippen LogP) is 17.9. The van der Waals surface area contributed by atoms with Crippen LogP contribution in [0.5, 0.6) is 0 Å². The Morgan fingerprint density at radius 1 is 0.283 bits per heavy atom. The first-order chi connectivity index (χ1) is 29.7. The van der Waals surface area contributed by atoms with Gasteiger partial charge in [0.05, 0.1) is 0 Å². The van der Waals surface area contributed by atoms with Gasteiger partial charge in [-0.25, -0.2) is 0 Å². The zero-order valence-corrected chi connectivity index (χ0v) is 34.7. The molecule has 280 valence electrons. The molecular weight excluding hydrogens is 783 g/mol. The molecule has 0 fully saturated rings. The average molecular weight is 816 g/mol. The van der Waals surface area contributed by atoms with Crippen molar-refractivity contribution >= 4 is 133 Å². The van der Waals surface area contributed by atoms with Crippen molar-refractivity contribution in [3.63, 3.8) is 0 Å². The van der Waals surface area contributed by atoms with E-state index in [1.54, 1.807) is 0 Å². The van der Waals surface area contributed by atoms with Crippen molar-refractivity contribution in [2.45, 2.75) is 0 Å². The number of rotatable bonds is 5. The van der Waals surface area contributed by atoms with Gasteiger partial charge < -0.3 is 4.90 Å². The first-order valence-electron chi connectivity index (χ1n) is 20.3. The minimum absolute atomic E-state index is 1.12. The van der Waals surface area contributed by atoms with E-state index in [1.165, 1.54) is 104 Å². The minimum atomic E-state index is 1.12. The van der Waals surface area contributed by atoms with Gasteiger partial charge in [-0.15, -0.1) is 34.0 Å². The minimum Gasteiger partial charge on any atom is -0.310 e. The molecule has 0 spiro atoms. The molecular formula is C56H33NS3. The Bertz CT molecular complexity index is 3830. The van der Waals surface area contributed by atoms with Crippen LogP contribution in [0, 0.1) is 0 Å². The summed E-state index contributed by atoms with van der Waals surface area (Å²) in [7, 11) is 0. The highest BCUT2D eigenvalue weighted by Gasteiger charge is 2.19. The third kappa shape index (κ3) is 5.22. The number of fused-ring (bicyclic) bond motifs is 13. The van der Waals surface area contributed by atoms with Crippen molar-refractivity contribution in [1.82, 2.24) is 0 Å². The maximum atomic E-state index is 2.41. The number of nitrogens with zero attached hydrogens (tertiary/aromatic N) is 1. The quantitative estimate of drug-likeness (QED) is 0.156. The summed E-state index contributed by atoms with van der Waals surface area (Å²) in [5.74, 6) is 0. The van der Waals surface area contributed by atoms with E-state index in [1.807, 2.05) is 34.0 Å². The molecule has 0 atom stereocenters. The lowest BCUT2D eigenvalue weighted by Gasteiger charge is -2.26. The molecule has 0 aliphatic carbocycles. The summed E-state index contributed by atoms with van der Waals surface area (Å²) in [5, 5.41) is 13.1. The highest BCUT2D eigenvalue weighted by molar-refractivity contribution is 7.30. The van der Waals surface area contributed by atoms with Gasteiger partial charge in [-0.2, -0.15) is 0 Å². The van der Waals surface area contributed by atoms with Crippen molar-refractivity contribution < 1.29 is 0 Å². The molecule has 3 heterocycles. The fourth-order valence-electron chi connectivity index (χ4n) is 9.47. The Morgan fingerprint density at radius 3 is 1.62 bits per heavy atom. The van der Waals surface area contributed by atoms with Crippen LogP contribution in [0.2, 0.25) is 0 Å². The lowest BCUT2D eigenvalue weighted by Crippen LogP contribution is -2.09. The lowest BCUT2D eigenvalue weighted by molar-refractivity contribution is 1.29. The van der Waals surface area contributed by atoms with E-state index < -0.39 is 0 Å². The van der Waals surface area contributed by atoms with Crippen LogP contribution in [-0.4, -0.2) is 0 Å². The second kappa shape index (κ2) is 13.4. The Morgan fingerprint density at radius 2 is 0.833 bits per heavy atom. The van der Waals surface area contributed by atoms with E-state index in [0.717, 1.165) is 17.1 Å². The van der Waals surface area contributed by atoms with Crippen molar-refractivity contribution in [1.29, 1.82) is 0 Å². The summed E-state index contributed by atoms with van der Waals surface area (Å²) < 4.78 is 8.03. The van der Waals surface area contributed by atoms with Gasteiger partial charge in [0.15, 0.2) is 0 Å². The molecule has 13 aromatic rings. The fourth-order valence-corrected chi connectivity index (χ4v) is 13.2. The molecule has 13 rings (SSSR count). The Balaban J connectivity index is 0.943. The van der Waals surface area contributed by atoms with Crippen molar-refractivity contribution in [2.24, 2.45) is 0 Å². The number of benzene rings is 10. The van der Waals surface area contributed by atoms with Crippen molar-refractivity contribution in [3.05, 3.63) is 200 Å². The predicted molar refractivity (Wildman–Crippen MR) is 266 cm³/mol. The van der Waals surface area contributed by atoms with Crippen LogP contribution in [0.4, 0.5) is 17.1 Å². The summed E-state index contributed by atoms with van der Waals surface area (Å²) in [6.07, 6.45) is 0. The fraction of sp³-hybridized carbons (Fsp3) is 0. The Hall–Kier alpha value is -6.82. The van der Waals surface area contributed by atoms with Gasteiger partial charge in [0.25, 0.3) is 0 Å². The van der Waals surface area contributed by atoms with Gasteiger partial charge in [0.2, 0.25) is 0 Å². The molecule has 0 aliphatic rings. The summed E-state index contributed by atoms with van der Waals surface area (Å²) in [6, 6.07) is 74.2. The molecule has 10 aromatic carbocycles. The first-order valence-corrected chi connectivity index (χ1v) is 22.8. The van der Waals surface area contributed by atoms with Gasteiger partial charge in [-0.1, -0.05) is 140 Å². The molecule has 60 heavy (non-hydrogen) atoms. The SMILES string of the molecule is c1ccc2c(c1)cc(-c1ccc(N(c3ccc(-c4cccc5c4sc4c5ccc5sc6ccccc6c54)cc3)c3ccc4c(c3)sc3ccccc34)cc1)c1ccccc12.